The lowest BCUT2D eigenvalue weighted by Crippen LogP contribution is -2.53. The van der Waals surface area contributed by atoms with Crippen LogP contribution in [-0.2, 0) is 0 Å². The van der Waals surface area contributed by atoms with Gasteiger partial charge >= 0.3 is 0 Å². The maximum Gasteiger partial charge on any atom is 0.0598 e. The highest BCUT2D eigenvalue weighted by molar-refractivity contribution is 7.99. The lowest BCUT2D eigenvalue weighted by Gasteiger charge is -2.52. The zero-order valence-corrected chi connectivity index (χ0v) is 31.4. The average molecular weight is 673 g/mol. The Morgan fingerprint density at radius 3 is 0.956 bits per heavy atom. The summed E-state index contributed by atoms with van der Waals surface area (Å²) in [6.45, 7) is 4.55. The van der Waals surface area contributed by atoms with E-state index in [1.54, 1.807) is 0 Å². The number of unbranched alkanes of at least 4 members (excludes halogenated alkanes) is 18. The van der Waals surface area contributed by atoms with Crippen molar-refractivity contribution in [3.05, 3.63) is 0 Å². The van der Waals surface area contributed by atoms with Crippen molar-refractivity contribution >= 4 is 23.5 Å². The van der Waals surface area contributed by atoms with Crippen LogP contribution in [0.4, 0.5) is 0 Å². The number of rotatable bonds is 28. The van der Waals surface area contributed by atoms with Crippen LogP contribution in [0.5, 0.6) is 0 Å². The summed E-state index contributed by atoms with van der Waals surface area (Å²) in [7, 11) is 0. The molecule has 1 spiro atoms. The molecule has 0 aliphatic heterocycles. The molecule has 45 heavy (non-hydrogen) atoms. The van der Waals surface area contributed by atoms with Gasteiger partial charge in [-0.15, -0.1) is 0 Å². The largest absolute Gasteiger partial charge is 0.393 e. The summed E-state index contributed by atoms with van der Waals surface area (Å²) in [4.78, 5) is 0. The van der Waals surface area contributed by atoms with Crippen LogP contribution < -0.4 is 0 Å². The second-order valence-electron chi connectivity index (χ2n) is 15.1. The summed E-state index contributed by atoms with van der Waals surface area (Å²) in [6, 6.07) is 0. The van der Waals surface area contributed by atoms with E-state index in [1.807, 2.05) is 23.5 Å². The zero-order chi connectivity index (χ0) is 32.6. The van der Waals surface area contributed by atoms with E-state index in [4.69, 9.17) is 0 Å². The molecule has 0 aromatic carbocycles. The Morgan fingerprint density at radius 1 is 0.400 bits per heavy atom. The average Bonchev–Trinajstić information content (AvgIpc) is 3.00. The summed E-state index contributed by atoms with van der Waals surface area (Å²) in [5.74, 6) is 4.18. The van der Waals surface area contributed by atoms with E-state index in [0.29, 0.717) is 25.7 Å². The van der Waals surface area contributed by atoms with E-state index in [-0.39, 0.29) is 17.3 Å². The summed E-state index contributed by atoms with van der Waals surface area (Å²) in [6.07, 6.45) is 29.2. The third-order valence-electron chi connectivity index (χ3n) is 11.0. The highest BCUT2D eigenvalue weighted by Crippen LogP contribution is 2.51. The Bertz CT molecular complexity index is 596. The number of aliphatic hydroxyl groups is 4. The maximum absolute atomic E-state index is 11.1. The molecular weight excluding hydrogens is 597 g/mol. The molecule has 2 aliphatic rings. The molecule has 268 valence electrons. The first-order valence-corrected chi connectivity index (χ1v) is 22.1. The molecule has 0 aromatic heterocycles. The predicted molar refractivity (Wildman–Crippen MR) is 199 cm³/mol. The number of hydrogen-bond donors (Lipinski definition) is 4. The van der Waals surface area contributed by atoms with Crippen LogP contribution in [-0.4, -0.2) is 67.9 Å². The van der Waals surface area contributed by atoms with Crippen molar-refractivity contribution in [1.29, 1.82) is 0 Å². The van der Waals surface area contributed by atoms with Crippen molar-refractivity contribution in [2.45, 2.75) is 205 Å². The van der Waals surface area contributed by atoms with E-state index in [2.05, 4.69) is 13.8 Å². The molecular formula is C39H76O4S2. The van der Waals surface area contributed by atoms with Gasteiger partial charge in [-0.3, -0.25) is 0 Å². The Kier molecular flexibility index (Phi) is 24.5. The molecule has 2 aliphatic carbocycles. The fourth-order valence-electron chi connectivity index (χ4n) is 8.19. The lowest BCUT2D eigenvalue weighted by molar-refractivity contribution is -0.144. The molecule has 0 saturated heterocycles. The maximum atomic E-state index is 11.1. The van der Waals surface area contributed by atoms with Crippen LogP contribution in [0.3, 0.4) is 0 Å². The third kappa shape index (κ3) is 18.2. The minimum absolute atomic E-state index is 0.0787. The Morgan fingerprint density at radius 2 is 0.667 bits per heavy atom. The monoisotopic (exact) mass is 673 g/mol. The van der Waals surface area contributed by atoms with Crippen molar-refractivity contribution in [2.75, 3.05) is 23.0 Å². The second kappa shape index (κ2) is 26.4. The van der Waals surface area contributed by atoms with Crippen molar-refractivity contribution in [1.82, 2.24) is 0 Å². The summed E-state index contributed by atoms with van der Waals surface area (Å²) >= 11 is 3.94. The molecule has 2 saturated carbocycles. The van der Waals surface area contributed by atoms with Crippen molar-refractivity contribution in [3.8, 4) is 0 Å². The van der Waals surface area contributed by atoms with Crippen LogP contribution in [0.2, 0.25) is 0 Å². The van der Waals surface area contributed by atoms with Crippen LogP contribution in [0.25, 0.3) is 0 Å². The molecule has 4 atom stereocenters. The van der Waals surface area contributed by atoms with Gasteiger partial charge in [-0.05, 0) is 79.8 Å². The summed E-state index contributed by atoms with van der Waals surface area (Å²) in [5.41, 5.74) is -0.336. The van der Waals surface area contributed by atoms with E-state index < -0.39 is 24.4 Å². The van der Waals surface area contributed by atoms with Gasteiger partial charge in [0.25, 0.3) is 0 Å². The smallest absolute Gasteiger partial charge is 0.0598 e. The van der Waals surface area contributed by atoms with Gasteiger partial charge in [0.15, 0.2) is 0 Å². The first-order valence-electron chi connectivity index (χ1n) is 19.8. The van der Waals surface area contributed by atoms with Gasteiger partial charge in [0.05, 0.1) is 24.4 Å². The first-order chi connectivity index (χ1) is 21.9. The molecule has 4 unspecified atom stereocenters. The van der Waals surface area contributed by atoms with E-state index in [1.165, 1.54) is 140 Å². The van der Waals surface area contributed by atoms with Gasteiger partial charge in [-0.1, -0.05) is 129 Å². The molecule has 0 amide bonds. The van der Waals surface area contributed by atoms with Gasteiger partial charge in [0.2, 0.25) is 0 Å². The molecule has 2 rings (SSSR count). The first kappa shape index (κ1) is 41.7. The summed E-state index contributed by atoms with van der Waals surface area (Å²) < 4.78 is 0. The minimum Gasteiger partial charge on any atom is -0.393 e. The molecule has 0 bridgehead atoms. The second-order valence-corrected chi connectivity index (χ2v) is 17.5. The highest BCUT2D eigenvalue weighted by atomic mass is 32.2. The quantitative estimate of drug-likeness (QED) is 0.0620. The number of thioether (sulfide) groups is 2. The van der Waals surface area contributed by atoms with Crippen LogP contribution in [0.1, 0.15) is 181 Å². The Hall–Kier alpha value is 0.540. The topological polar surface area (TPSA) is 80.9 Å². The molecule has 0 aromatic rings. The molecule has 4 N–H and O–H groups in total. The van der Waals surface area contributed by atoms with Crippen LogP contribution in [0.15, 0.2) is 0 Å². The fourth-order valence-corrected chi connectivity index (χ4v) is 10.3. The van der Waals surface area contributed by atoms with Gasteiger partial charge < -0.3 is 20.4 Å². The normalized spacial score (nSPS) is 28.7. The van der Waals surface area contributed by atoms with Crippen LogP contribution in [0, 0.1) is 17.3 Å². The minimum atomic E-state index is -0.542. The predicted octanol–water partition coefficient (Wildman–Crippen LogP) is 10.3. The van der Waals surface area contributed by atoms with Gasteiger partial charge in [-0.2, -0.15) is 23.5 Å². The third-order valence-corrected chi connectivity index (χ3v) is 13.2. The van der Waals surface area contributed by atoms with Crippen LogP contribution >= 0.6 is 23.5 Å². The van der Waals surface area contributed by atoms with Gasteiger partial charge in [0.1, 0.15) is 0 Å². The Balaban J connectivity index is 1.52. The van der Waals surface area contributed by atoms with Crippen molar-refractivity contribution in [2.24, 2.45) is 17.3 Å². The van der Waals surface area contributed by atoms with Crippen molar-refractivity contribution in [3.63, 3.8) is 0 Å². The Labute approximate surface area is 288 Å². The standard InChI is InChI=1S/C39H76O4S2/c1-3-5-7-9-11-13-15-17-19-21-25-44-27-23-33-35(40)29-39(30-36(33)41)31-37(42)34(38(43)32-39)24-28-45-26-22-20-18-16-14-12-10-8-6-4-2/h33-38,40-43H,3-32H2,1-2H3. The molecule has 4 nitrogen and oxygen atoms in total. The molecule has 0 heterocycles. The van der Waals surface area contributed by atoms with Gasteiger partial charge in [0, 0.05) is 11.8 Å². The molecule has 6 heteroatoms. The molecule has 0 radical (unpaired) electrons. The number of hydrogen-bond acceptors (Lipinski definition) is 6. The highest BCUT2D eigenvalue weighted by Gasteiger charge is 2.51. The van der Waals surface area contributed by atoms with Crippen molar-refractivity contribution < 1.29 is 20.4 Å². The van der Waals surface area contributed by atoms with E-state index in [0.717, 1.165) is 24.3 Å². The van der Waals surface area contributed by atoms with E-state index >= 15 is 0 Å². The summed E-state index contributed by atoms with van der Waals surface area (Å²) in [5, 5.41) is 44.3. The lowest BCUT2D eigenvalue weighted by atomic mass is 9.57. The molecule has 2 fully saturated rings. The van der Waals surface area contributed by atoms with Gasteiger partial charge in [-0.25, -0.2) is 0 Å². The fraction of sp³-hybridized carbons (Fsp3) is 1.00. The zero-order valence-electron chi connectivity index (χ0n) is 29.8. The SMILES string of the molecule is CCCCCCCCCCCCSCCC1C(O)CC2(CC1O)CC(O)C(CCSCCCCCCCCCCCC)C(O)C2. The van der Waals surface area contributed by atoms with E-state index in [9.17, 15) is 20.4 Å². The number of aliphatic hydroxyl groups excluding tert-OH is 4.